The number of hydrogen-bond acceptors (Lipinski definition) is 3. The van der Waals surface area contributed by atoms with E-state index in [0.29, 0.717) is 18.7 Å². The van der Waals surface area contributed by atoms with Crippen LogP contribution in [-0.2, 0) is 0 Å². The quantitative estimate of drug-likeness (QED) is 0.691. The first-order valence-electron chi connectivity index (χ1n) is 7.50. The summed E-state index contributed by atoms with van der Waals surface area (Å²) >= 11 is 5.70. The highest BCUT2D eigenvalue weighted by molar-refractivity contribution is 6.30. The first-order valence-corrected chi connectivity index (χ1v) is 7.88. The maximum Gasteiger partial charge on any atom is 0.573 e. The molecule has 0 amide bonds. The van der Waals surface area contributed by atoms with Crippen molar-refractivity contribution in [2.24, 2.45) is 5.92 Å². The maximum atomic E-state index is 13.8. The summed E-state index contributed by atoms with van der Waals surface area (Å²) in [4.78, 5) is 0. The SMILES string of the molecule is Cl.Fc1cc([C@H](Oc2ccccc2OC(F)(F)F)C2CNC2)ccc1Cl. The molecule has 1 heterocycles. The van der Waals surface area contributed by atoms with Gasteiger partial charge in [-0.3, -0.25) is 0 Å². The first-order chi connectivity index (χ1) is 11.8. The van der Waals surface area contributed by atoms with Crippen LogP contribution in [0, 0.1) is 11.7 Å². The van der Waals surface area contributed by atoms with Crippen LogP contribution in [0.2, 0.25) is 5.02 Å². The molecule has 3 rings (SSSR count). The van der Waals surface area contributed by atoms with Crippen molar-refractivity contribution < 1.29 is 27.0 Å². The summed E-state index contributed by atoms with van der Waals surface area (Å²) in [6.07, 6.45) is -5.47. The Kier molecular flexibility index (Phi) is 6.60. The Hall–Kier alpha value is -1.70. The molecular weight excluding hydrogens is 397 g/mol. The van der Waals surface area contributed by atoms with Gasteiger partial charge in [0, 0.05) is 19.0 Å². The zero-order chi connectivity index (χ0) is 18.0. The second-order valence-electron chi connectivity index (χ2n) is 5.62. The fourth-order valence-corrected chi connectivity index (χ4v) is 2.66. The molecule has 0 aliphatic carbocycles. The minimum Gasteiger partial charge on any atom is -0.481 e. The molecule has 1 fully saturated rings. The van der Waals surface area contributed by atoms with Gasteiger partial charge in [-0.05, 0) is 29.8 Å². The Bertz CT molecular complexity index is 754. The van der Waals surface area contributed by atoms with Gasteiger partial charge < -0.3 is 14.8 Å². The third-order valence-electron chi connectivity index (χ3n) is 3.84. The standard InChI is InChI=1S/C17H14ClF4NO2.ClH/c18-12-6-5-10(7-13(12)19)16(11-8-23-9-11)24-14-3-1-2-4-15(14)25-17(20,21)22;/h1-7,11,16,23H,8-9H2;1H/t16-;/m0./s1. The van der Waals surface area contributed by atoms with Crippen molar-refractivity contribution in [1.29, 1.82) is 0 Å². The van der Waals surface area contributed by atoms with Crippen molar-refractivity contribution >= 4 is 24.0 Å². The molecule has 3 nitrogen and oxygen atoms in total. The Morgan fingerprint density at radius 2 is 1.73 bits per heavy atom. The molecule has 1 aliphatic heterocycles. The number of benzene rings is 2. The van der Waals surface area contributed by atoms with E-state index >= 15 is 0 Å². The number of alkyl halides is 3. The van der Waals surface area contributed by atoms with Crippen LogP contribution in [0.3, 0.4) is 0 Å². The van der Waals surface area contributed by atoms with E-state index in [1.165, 1.54) is 36.4 Å². The molecule has 142 valence electrons. The van der Waals surface area contributed by atoms with Gasteiger partial charge >= 0.3 is 6.36 Å². The molecule has 2 aromatic rings. The van der Waals surface area contributed by atoms with Crippen molar-refractivity contribution in [2.45, 2.75) is 12.5 Å². The van der Waals surface area contributed by atoms with Gasteiger partial charge in [-0.25, -0.2) is 4.39 Å². The van der Waals surface area contributed by atoms with Crippen LogP contribution in [0.1, 0.15) is 11.7 Å². The van der Waals surface area contributed by atoms with Gasteiger partial charge in [-0.2, -0.15) is 0 Å². The largest absolute Gasteiger partial charge is 0.573 e. The van der Waals surface area contributed by atoms with Crippen LogP contribution < -0.4 is 14.8 Å². The monoisotopic (exact) mass is 411 g/mol. The second kappa shape index (κ2) is 8.33. The summed E-state index contributed by atoms with van der Waals surface area (Å²) in [5, 5.41) is 3.03. The predicted octanol–water partition coefficient (Wildman–Crippen LogP) is 5.14. The van der Waals surface area contributed by atoms with Gasteiger partial charge in [0.25, 0.3) is 0 Å². The molecule has 2 aromatic carbocycles. The van der Waals surface area contributed by atoms with Crippen molar-refractivity contribution in [1.82, 2.24) is 5.32 Å². The van der Waals surface area contributed by atoms with E-state index in [-0.39, 0.29) is 29.1 Å². The molecule has 0 saturated carbocycles. The van der Waals surface area contributed by atoms with Gasteiger partial charge in [0.1, 0.15) is 11.9 Å². The second-order valence-corrected chi connectivity index (χ2v) is 6.03. The summed E-state index contributed by atoms with van der Waals surface area (Å²) in [6, 6.07) is 9.73. The first kappa shape index (κ1) is 20.6. The lowest BCUT2D eigenvalue weighted by atomic mass is 9.90. The molecule has 26 heavy (non-hydrogen) atoms. The van der Waals surface area contributed by atoms with Crippen LogP contribution in [0.15, 0.2) is 42.5 Å². The Morgan fingerprint density at radius 1 is 1.08 bits per heavy atom. The summed E-state index contributed by atoms with van der Waals surface area (Å²) in [6.45, 7) is 1.22. The van der Waals surface area contributed by atoms with Gasteiger partial charge in [0.2, 0.25) is 0 Å². The highest BCUT2D eigenvalue weighted by Gasteiger charge is 2.34. The molecule has 0 bridgehead atoms. The third kappa shape index (κ3) is 4.93. The lowest BCUT2D eigenvalue weighted by Gasteiger charge is -2.35. The Labute approximate surface area is 158 Å². The van der Waals surface area contributed by atoms with E-state index in [1.54, 1.807) is 6.07 Å². The fourth-order valence-electron chi connectivity index (χ4n) is 2.54. The molecular formula is C17H15Cl2F4NO2. The van der Waals surface area contributed by atoms with E-state index in [9.17, 15) is 17.6 Å². The molecule has 0 radical (unpaired) electrons. The van der Waals surface area contributed by atoms with E-state index in [4.69, 9.17) is 16.3 Å². The Morgan fingerprint density at radius 3 is 2.27 bits per heavy atom. The average Bonchev–Trinajstić information content (AvgIpc) is 2.48. The summed E-state index contributed by atoms with van der Waals surface area (Å²) in [5.74, 6) is -1.13. The maximum absolute atomic E-state index is 13.8. The number of rotatable bonds is 5. The normalized spacial score (nSPS) is 15.6. The number of hydrogen-bond donors (Lipinski definition) is 1. The highest BCUT2D eigenvalue weighted by Crippen LogP contribution is 2.38. The van der Waals surface area contributed by atoms with Gasteiger partial charge in [-0.15, -0.1) is 25.6 Å². The smallest absolute Gasteiger partial charge is 0.481 e. The van der Waals surface area contributed by atoms with Crippen LogP contribution >= 0.6 is 24.0 Å². The highest BCUT2D eigenvalue weighted by atomic mass is 35.5. The van der Waals surface area contributed by atoms with Crippen molar-refractivity contribution in [3.8, 4) is 11.5 Å². The van der Waals surface area contributed by atoms with E-state index < -0.39 is 24.0 Å². The van der Waals surface area contributed by atoms with E-state index in [0.717, 1.165) is 0 Å². The van der Waals surface area contributed by atoms with Crippen LogP contribution in [0.4, 0.5) is 17.6 Å². The molecule has 9 heteroatoms. The van der Waals surface area contributed by atoms with Crippen molar-refractivity contribution in [2.75, 3.05) is 13.1 Å². The predicted molar refractivity (Wildman–Crippen MR) is 91.5 cm³/mol. The van der Waals surface area contributed by atoms with E-state index in [1.807, 2.05) is 0 Å². The molecule has 0 spiro atoms. The van der Waals surface area contributed by atoms with E-state index in [2.05, 4.69) is 10.1 Å². The van der Waals surface area contributed by atoms with Crippen LogP contribution in [-0.4, -0.2) is 19.5 Å². The minimum absolute atomic E-state index is 0. The lowest BCUT2D eigenvalue weighted by Crippen LogP contribution is -2.46. The lowest BCUT2D eigenvalue weighted by molar-refractivity contribution is -0.275. The topological polar surface area (TPSA) is 30.5 Å². The molecule has 1 atom stereocenters. The minimum atomic E-state index is -4.83. The fraction of sp³-hybridized carbons (Fsp3) is 0.294. The van der Waals surface area contributed by atoms with Gasteiger partial charge in [-0.1, -0.05) is 29.8 Å². The molecule has 0 unspecified atom stereocenters. The summed E-state index contributed by atoms with van der Waals surface area (Å²) in [5.41, 5.74) is 0.496. The van der Waals surface area contributed by atoms with Gasteiger partial charge in [0.15, 0.2) is 11.5 Å². The van der Waals surface area contributed by atoms with Crippen LogP contribution in [0.25, 0.3) is 0 Å². The molecule has 1 N–H and O–H groups in total. The zero-order valence-electron chi connectivity index (χ0n) is 13.2. The Balaban J connectivity index is 0.00000243. The molecule has 1 saturated heterocycles. The van der Waals surface area contributed by atoms with Crippen molar-refractivity contribution in [3.05, 3.63) is 58.9 Å². The molecule has 1 aliphatic rings. The number of halogens is 6. The van der Waals surface area contributed by atoms with Crippen LogP contribution in [0.5, 0.6) is 11.5 Å². The zero-order valence-corrected chi connectivity index (χ0v) is 14.8. The third-order valence-corrected chi connectivity index (χ3v) is 4.15. The summed E-state index contributed by atoms with van der Waals surface area (Å²) < 4.78 is 61.3. The molecule has 0 aromatic heterocycles. The van der Waals surface area contributed by atoms with Gasteiger partial charge in [0.05, 0.1) is 5.02 Å². The van der Waals surface area contributed by atoms with Crippen molar-refractivity contribution in [3.63, 3.8) is 0 Å². The number of nitrogens with one attached hydrogen (secondary N) is 1. The summed E-state index contributed by atoms with van der Waals surface area (Å²) in [7, 11) is 0. The number of para-hydroxylation sites is 2. The number of ether oxygens (including phenoxy) is 2. The average molecular weight is 412 g/mol.